The Hall–Kier alpha value is -0.0400. The van der Waals surface area contributed by atoms with E-state index in [1.165, 1.54) is 43.4 Å². The van der Waals surface area contributed by atoms with E-state index in [4.69, 9.17) is 0 Å². The molecule has 0 amide bonds. The molecule has 1 aliphatic rings. The molecule has 0 N–H and O–H groups in total. The van der Waals surface area contributed by atoms with Crippen LogP contribution in [0, 0.1) is 11.8 Å². The standard InChI is InChI=1S/C12H26N/c1-5-11-8-9-13(4,7-3)10-12(11)6-2/h11-12H,5-10H2,1-4H3/q+1. The third-order valence-electron chi connectivity index (χ3n) is 4.19. The number of hydrogen-bond donors (Lipinski definition) is 0. The molecule has 0 aromatic rings. The van der Waals surface area contributed by atoms with E-state index < -0.39 is 0 Å². The fraction of sp³-hybridized carbons (Fsp3) is 1.00. The molecule has 3 unspecified atom stereocenters. The van der Waals surface area contributed by atoms with Gasteiger partial charge < -0.3 is 4.48 Å². The topological polar surface area (TPSA) is 0 Å². The van der Waals surface area contributed by atoms with Gasteiger partial charge in [-0.2, -0.15) is 0 Å². The van der Waals surface area contributed by atoms with Crippen molar-refractivity contribution in [1.29, 1.82) is 0 Å². The largest absolute Gasteiger partial charge is 0.326 e. The Morgan fingerprint density at radius 2 is 1.69 bits per heavy atom. The molecule has 1 aliphatic heterocycles. The second-order valence-electron chi connectivity index (χ2n) is 4.97. The molecule has 0 aromatic carbocycles. The summed E-state index contributed by atoms with van der Waals surface area (Å²) in [4.78, 5) is 0. The van der Waals surface area contributed by atoms with Crippen LogP contribution in [0.3, 0.4) is 0 Å². The minimum absolute atomic E-state index is 0.990. The van der Waals surface area contributed by atoms with E-state index in [1.54, 1.807) is 0 Å². The van der Waals surface area contributed by atoms with Crippen molar-refractivity contribution in [2.45, 2.75) is 40.0 Å². The van der Waals surface area contributed by atoms with E-state index >= 15 is 0 Å². The van der Waals surface area contributed by atoms with E-state index in [0.717, 1.165) is 11.8 Å². The highest BCUT2D eigenvalue weighted by Crippen LogP contribution is 2.31. The first kappa shape index (κ1) is 11.0. The van der Waals surface area contributed by atoms with Crippen molar-refractivity contribution in [3.63, 3.8) is 0 Å². The van der Waals surface area contributed by atoms with Crippen LogP contribution in [-0.4, -0.2) is 31.2 Å². The summed E-state index contributed by atoms with van der Waals surface area (Å²) in [6, 6.07) is 0. The minimum Gasteiger partial charge on any atom is -0.326 e. The lowest BCUT2D eigenvalue weighted by atomic mass is 9.81. The maximum atomic E-state index is 2.43. The number of quaternary nitrogens is 1. The van der Waals surface area contributed by atoms with Crippen LogP contribution in [-0.2, 0) is 0 Å². The van der Waals surface area contributed by atoms with Gasteiger partial charge in [-0.05, 0) is 25.7 Å². The predicted octanol–water partition coefficient (Wildman–Crippen LogP) is 2.91. The van der Waals surface area contributed by atoms with Crippen LogP contribution >= 0.6 is 0 Å². The van der Waals surface area contributed by atoms with Crippen molar-refractivity contribution in [1.82, 2.24) is 0 Å². The van der Waals surface area contributed by atoms with Crippen LogP contribution in [0.4, 0.5) is 0 Å². The lowest BCUT2D eigenvalue weighted by Gasteiger charge is -2.44. The zero-order chi connectivity index (χ0) is 9.90. The summed E-state index contributed by atoms with van der Waals surface area (Å²) in [6.45, 7) is 11.2. The van der Waals surface area contributed by atoms with Gasteiger partial charge in [-0.1, -0.05) is 20.3 Å². The molecule has 0 aromatic heterocycles. The quantitative estimate of drug-likeness (QED) is 0.592. The van der Waals surface area contributed by atoms with Crippen molar-refractivity contribution in [2.24, 2.45) is 11.8 Å². The van der Waals surface area contributed by atoms with Gasteiger partial charge >= 0.3 is 0 Å². The van der Waals surface area contributed by atoms with Crippen molar-refractivity contribution in [3.05, 3.63) is 0 Å². The second-order valence-corrected chi connectivity index (χ2v) is 4.97. The second kappa shape index (κ2) is 4.45. The van der Waals surface area contributed by atoms with Gasteiger partial charge in [0.2, 0.25) is 0 Å². The first-order valence-electron chi connectivity index (χ1n) is 5.98. The Kier molecular flexibility index (Phi) is 3.78. The molecule has 78 valence electrons. The van der Waals surface area contributed by atoms with Crippen LogP contribution in [0.2, 0.25) is 0 Å². The maximum Gasteiger partial charge on any atom is 0.0815 e. The van der Waals surface area contributed by atoms with Crippen molar-refractivity contribution < 1.29 is 4.48 Å². The summed E-state index contributed by atoms with van der Waals surface area (Å²) in [5, 5.41) is 0. The van der Waals surface area contributed by atoms with Crippen LogP contribution in [0.1, 0.15) is 40.0 Å². The van der Waals surface area contributed by atoms with E-state index in [1.807, 2.05) is 0 Å². The molecule has 1 nitrogen and oxygen atoms in total. The third-order valence-corrected chi connectivity index (χ3v) is 4.19. The zero-order valence-electron chi connectivity index (χ0n) is 9.84. The number of nitrogens with zero attached hydrogens (tertiary/aromatic N) is 1. The Labute approximate surface area is 83.7 Å². The molecule has 1 saturated heterocycles. The van der Waals surface area contributed by atoms with E-state index in [9.17, 15) is 0 Å². The monoisotopic (exact) mass is 184 g/mol. The van der Waals surface area contributed by atoms with Gasteiger partial charge in [0.15, 0.2) is 0 Å². The first-order chi connectivity index (χ1) is 6.15. The lowest BCUT2D eigenvalue weighted by molar-refractivity contribution is -0.917. The fourth-order valence-electron chi connectivity index (χ4n) is 2.81. The highest BCUT2D eigenvalue weighted by molar-refractivity contribution is 4.72. The highest BCUT2D eigenvalue weighted by Gasteiger charge is 2.34. The Morgan fingerprint density at radius 3 is 2.15 bits per heavy atom. The summed E-state index contributed by atoms with van der Waals surface area (Å²) >= 11 is 0. The molecule has 0 aliphatic carbocycles. The Morgan fingerprint density at radius 1 is 1.08 bits per heavy atom. The summed E-state index contributed by atoms with van der Waals surface area (Å²) in [7, 11) is 2.43. The summed E-state index contributed by atoms with van der Waals surface area (Å²) in [6.07, 6.45) is 4.23. The minimum atomic E-state index is 0.990. The number of rotatable bonds is 3. The van der Waals surface area contributed by atoms with E-state index in [2.05, 4.69) is 27.8 Å². The predicted molar refractivity (Wildman–Crippen MR) is 58.6 cm³/mol. The lowest BCUT2D eigenvalue weighted by Crippen LogP contribution is -2.53. The Bertz CT molecular complexity index is 155. The summed E-state index contributed by atoms with van der Waals surface area (Å²) < 4.78 is 1.31. The van der Waals surface area contributed by atoms with Crippen molar-refractivity contribution in [3.8, 4) is 0 Å². The molecule has 0 radical (unpaired) electrons. The van der Waals surface area contributed by atoms with Crippen LogP contribution in [0.25, 0.3) is 0 Å². The molecular weight excluding hydrogens is 158 g/mol. The van der Waals surface area contributed by atoms with E-state index in [0.29, 0.717) is 0 Å². The fourth-order valence-corrected chi connectivity index (χ4v) is 2.81. The molecule has 0 saturated carbocycles. The highest BCUT2D eigenvalue weighted by atomic mass is 15.3. The van der Waals surface area contributed by atoms with Crippen molar-refractivity contribution in [2.75, 3.05) is 26.7 Å². The van der Waals surface area contributed by atoms with Gasteiger partial charge in [0.1, 0.15) is 0 Å². The Balaban J connectivity index is 2.57. The van der Waals surface area contributed by atoms with Crippen LogP contribution < -0.4 is 0 Å². The molecule has 13 heavy (non-hydrogen) atoms. The molecular formula is C12H26N+. The molecule has 1 fully saturated rings. The SMILES string of the molecule is CCC1CC[N+](C)(CC)CC1CC. The van der Waals surface area contributed by atoms with E-state index in [-0.39, 0.29) is 0 Å². The maximum absolute atomic E-state index is 2.43. The van der Waals surface area contributed by atoms with Crippen molar-refractivity contribution >= 4 is 0 Å². The van der Waals surface area contributed by atoms with Gasteiger partial charge in [0, 0.05) is 5.92 Å². The third kappa shape index (κ3) is 2.46. The molecule has 0 spiro atoms. The van der Waals surface area contributed by atoms with Gasteiger partial charge in [-0.25, -0.2) is 0 Å². The molecule has 1 heteroatoms. The van der Waals surface area contributed by atoms with Gasteiger partial charge in [0.05, 0.1) is 26.7 Å². The first-order valence-corrected chi connectivity index (χ1v) is 5.98. The normalized spacial score (nSPS) is 40.6. The molecule has 1 heterocycles. The average Bonchev–Trinajstić information content (AvgIpc) is 2.18. The number of piperidine rings is 1. The molecule has 0 bridgehead atoms. The van der Waals surface area contributed by atoms with Crippen LogP contribution in [0.15, 0.2) is 0 Å². The molecule has 3 atom stereocenters. The van der Waals surface area contributed by atoms with Gasteiger partial charge in [-0.15, -0.1) is 0 Å². The number of likely N-dealkylation sites (tertiary alicyclic amines) is 1. The van der Waals surface area contributed by atoms with Crippen LogP contribution in [0.5, 0.6) is 0 Å². The summed E-state index contributed by atoms with van der Waals surface area (Å²) in [5.41, 5.74) is 0. The van der Waals surface area contributed by atoms with Gasteiger partial charge in [0.25, 0.3) is 0 Å². The zero-order valence-corrected chi connectivity index (χ0v) is 9.84. The smallest absolute Gasteiger partial charge is 0.0815 e. The average molecular weight is 184 g/mol. The molecule has 1 rings (SSSR count). The number of hydrogen-bond acceptors (Lipinski definition) is 0. The summed E-state index contributed by atoms with van der Waals surface area (Å²) in [5.74, 6) is 2.01. The van der Waals surface area contributed by atoms with Gasteiger partial charge in [-0.3, -0.25) is 0 Å².